The number of rotatable bonds is 3. The van der Waals surface area contributed by atoms with Gasteiger partial charge < -0.3 is 0 Å². The summed E-state index contributed by atoms with van der Waals surface area (Å²) in [5, 5.41) is 0. The van der Waals surface area contributed by atoms with Crippen LogP contribution in [-0.4, -0.2) is 0 Å². The van der Waals surface area contributed by atoms with Gasteiger partial charge in [-0.25, -0.2) is 0 Å². The molecule has 2 aliphatic rings. The second kappa shape index (κ2) is 6.00. The normalized spacial score (nSPS) is 17.6. The van der Waals surface area contributed by atoms with Crippen molar-refractivity contribution in [2.75, 3.05) is 0 Å². The average molecular weight is 302 g/mol. The third-order valence-electron chi connectivity index (χ3n) is 5.69. The summed E-state index contributed by atoms with van der Waals surface area (Å²) in [6.45, 7) is 4.51. The van der Waals surface area contributed by atoms with Crippen LogP contribution >= 0.6 is 0 Å². The Labute approximate surface area is 140 Å². The summed E-state index contributed by atoms with van der Waals surface area (Å²) >= 11 is 0. The summed E-state index contributed by atoms with van der Waals surface area (Å²) in [6.07, 6.45) is 9.33. The van der Waals surface area contributed by atoms with Gasteiger partial charge in [0.2, 0.25) is 0 Å². The number of allylic oxidation sites excluding steroid dienone is 1. The minimum absolute atomic E-state index is 0.597. The second-order valence-corrected chi connectivity index (χ2v) is 7.53. The van der Waals surface area contributed by atoms with Crippen molar-refractivity contribution in [3.63, 3.8) is 0 Å². The van der Waals surface area contributed by atoms with Gasteiger partial charge >= 0.3 is 0 Å². The van der Waals surface area contributed by atoms with Gasteiger partial charge in [-0.3, -0.25) is 0 Å². The molecule has 2 aromatic carbocycles. The largest absolute Gasteiger partial charge is 0.0621 e. The molecule has 0 bridgehead atoms. The fraction of sp³-hybridized carbons (Fsp3) is 0.391. The molecule has 1 saturated carbocycles. The van der Waals surface area contributed by atoms with E-state index in [0.717, 1.165) is 5.92 Å². The summed E-state index contributed by atoms with van der Waals surface area (Å²) in [6, 6.07) is 16.0. The highest BCUT2D eigenvalue weighted by Crippen LogP contribution is 2.41. The van der Waals surface area contributed by atoms with Gasteiger partial charge in [-0.15, -0.1) is 0 Å². The van der Waals surface area contributed by atoms with Crippen molar-refractivity contribution >= 4 is 6.08 Å². The first-order chi connectivity index (χ1) is 11.2. The number of hydrogen-bond donors (Lipinski definition) is 0. The fourth-order valence-corrected chi connectivity index (χ4v) is 4.25. The maximum absolute atomic E-state index is 2.51. The monoisotopic (exact) mass is 302 g/mol. The van der Waals surface area contributed by atoms with E-state index in [2.05, 4.69) is 62.4 Å². The van der Waals surface area contributed by atoms with Gasteiger partial charge in [0.05, 0.1) is 0 Å². The van der Waals surface area contributed by atoms with Crippen LogP contribution in [0.4, 0.5) is 0 Å². The van der Waals surface area contributed by atoms with Crippen molar-refractivity contribution in [3.05, 3.63) is 64.7 Å². The van der Waals surface area contributed by atoms with E-state index in [0.29, 0.717) is 5.92 Å². The quantitative estimate of drug-likeness (QED) is 0.598. The molecule has 0 atom stereocenters. The first-order valence-electron chi connectivity index (χ1n) is 9.15. The van der Waals surface area contributed by atoms with Crippen LogP contribution in [-0.2, 0) is 6.42 Å². The van der Waals surface area contributed by atoms with Crippen molar-refractivity contribution in [1.82, 2.24) is 0 Å². The molecular formula is C23H26. The first-order valence-corrected chi connectivity index (χ1v) is 9.15. The summed E-state index contributed by atoms with van der Waals surface area (Å²) in [5.74, 6) is 1.44. The van der Waals surface area contributed by atoms with Crippen LogP contribution in [0.1, 0.15) is 62.1 Å². The molecule has 1 fully saturated rings. The Kier molecular flexibility index (Phi) is 3.85. The Morgan fingerprint density at radius 2 is 1.65 bits per heavy atom. The number of benzene rings is 2. The van der Waals surface area contributed by atoms with E-state index in [-0.39, 0.29) is 0 Å². The Morgan fingerprint density at radius 3 is 2.35 bits per heavy atom. The lowest BCUT2D eigenvalue weighted by Crippen LogP contribution is -1.97. The van der Waals surface area contributed by atoms with E-state index >= 15 is 0 Å². The Balaban J connectivity index is 1.70. The second-order valence-electron chi connectivity index (χ2n) is 7.53. The van der Waals surface area contributed by atoms with E-state index in [1.807, 2.05) is 0 Å². The van der Waals surface area contributed by atoms with E-state index < -0.39 is 0 Å². The molecule has 0 saturated heterocycles. The summed E-state index contributed by atoms with van der Waals surface area (Å²) < 4.78 is 0. The molecule has 0 nitrogen and oxygen atoms in total. The molecule has 0 N–H and O–H groups in total. The van der Waals surface area contributed by atoms with E-state index in [4.69, 9.17) is 0 Å². The minimum atomic E-state index is 0.597. The van der Waals surface area contributed by atoms with Gasteiger partial charge in [-0.05, 0) is 58.9 Å². The Bertz CT molecular complexity index is 725. The van der Waals surface area contributed by atoms with Gasteiger partial charge in [0.1, 0.15) is 0 Å². The molecule has 0 amide bonds. The van der Waals surface area contributed by atoms with Gasteiger partial charge in [0, 0.05) is 0 Å². The predicted molar refractivity (Wildman–Crippen MR) is 99.6 cm³/mol. The van der Waals surface area contributed by atoms with Crippen LogP contribution in [0.5, 0.6) is 0 Å². The average Bonchev–Trinajstić information content (AvgIpc) is 3.23. The third kappa shape index (κ3) is 2.76. The molecule has 23 heavy (non-hydrogen) atoms. The zero-order chi connectivity index (χ0) is 15.8. The Morgan fingerprint density at radius 1 is 0.913 bits per heavy atom. The smallest absolute Gasteiger partial charge is 0.00548 e. The summed E-state index contributed by atoms with van der Waals surface area (Å²) in [7, 11) is 0. The van der Waals surface area contributed by atoms with Crippen molar-refractivity contribution in [3.8, 4) is 11.1 Å². The number of hydrogen-bond acceptors (Lipinski definition) is 0. The molecule has 0 aliphatic heterocycles. The highest BCUT2D eigenvalue weighted by molar-refractivity contribution is 5.81. The van der Waals surface area contributed by atoms with Crippen LogP contribution < -0.4 is 0 Å². The molecule has 0 heterocycles. The lowest BCUT2D eigenvalue weighted by Gasteiger charge is -2.10. The van der Waals surface area contributed by atoms with Crippen LogP contribution in [0, 0.1) is 5.92 Å². The molecule has 0 aromatic heterocycles. The third-order valence-corrected chi connectivity index (χ3v) is 5.69. The van der Waals surface area contributed by atoms with Crippen LogP contribution in [0.15, 0.2) is 48.0 Å². The van der Waals surface area contributed by atoms with Crippen LogP contribution in [0.2, 0.25) is 0 Å². The molecule has 0 radical (unpaired) electrons. The van der Waals surface area contributed by atoms with E-state index in [1.165, 1.54) is 59.9 Å². The van der Waals surface area contributed by atoms with E-state index in [9.17, 15) is 0 Å². The lowest BCUT2D eigenvalue weighted by atomic mass is 9.94. The van der Waals surface area contributed by atoms with Crippen LogP contribution in [0.25, 0.3) is 17.2 Å². The van der Waals surface area contributed by atoms with Gasteiger partial charge in [0.25, 0.3) is 0 Å². The topological polar surface area (TPSA) is 0 Å². The fourth-order valence-electron chi connectivity index (χ4n) is 4.25. The van der Waals surface area contributed by atoms with Crippen molar-refractivity contribution in [2.24, 2.45) is 5.92 Å². The van der Waals surface area contributed by atoms with Crippen LogP contribution in [0.3, 0.4) is 0 Å². The maximum atomic E-state index is 2.51. The van der Waals surface area contributed by atoms with Gasteiger partial charge in [-0.2, -0.15) is 0 Å². The summed E-state index contributed by atoms with van der Waals surface area (Å²) in [4.78, 5) is 0. The maximum Gasteiger partial charge on any atom is -0.00548 e. The SMILES string of the molecule is CC(C)c1ccc(-c2cccc3c2C=C(C2CCCC2)C3)cc1. The highest BCUT2D eigenvalue weighted by atomic mass is 14.3. The molecule has 0 heteroatoms. The molecule has 4 rings (SSSR count). The molecular weight excluding hydrogens is 276 g/mol. The summed E-state index contributed by atoms with van der Waals surface area (Å²) in [5.41, 5.74) is 8.87. The standard InChI is InChI=1S/C23H26/c1-16(2)17-10-12-19(13-11-17)22-9-5-8-20-14-21(15-23(20)22)18-6-3-4-7-18/h5,8-13,15-16,18H,3-4,6-7,14H2,1-2H3. The molecule has 0 spiro atoms. The van der Waals surface area contributed by atoms with Gasteiger partial charge in [0.15, 0.2) is 0 Å². The van der Waals surface area contributed by atoms with Crippen molar-refractivity contribution < 1.29 is 0 Å². The number of fused-ring (bicyclic) bond motifs is 1. The van der Waals surface area contributed by atoms with Gasteiger partial charge in [-0.1, -0.05) is 80.8 Å². The molecule has 2 aliphatic carbocycles. The predicted octanol–water partition coefficient (Wildman–Crippen LogP) is 6.61. The van der Waals surface area contributed by atoms with E-state index in [1.54, 1.807) is 5.57 Å². The van der Waals surface area contributed by atoms with Crippen molar-refractivity contribution in [2.45, 2.75) is 51.9 Å². The minimum Gasteiger partial charge on any atom is -0.0621 e. The Hall–Kier alpha value is -1.82. The highest BCUT2D eigenvalue weighted by Gasteiger charge is 2.24. The van der Waals surface area contributed by atoms with Crippen molar-refractivity contribution in [1.29, 1.82) is 0 Å². The zero-order valence-corrected chi connectivity index (χ0v) is 14.3. The molecule has 118 valence electrons. The molecule has 0 unspecified atom stereocenters. The first kappa shape index (κ1) is 14.8. The lowest BCUT2D eigenvalue weighted by molar-refractivity contribution is 0.634. The zero-order valence-electron chi connectivity index (χ0n) is 14.3. The molecule has 2 aromatic rings.